The molecule has 2 aliphatic rings. The molecular formula is C25H24N2O5S. The van der Waals surface area contributed by atoms with Crippen LogP contribution in [0.3, 0.4) is 0 Å². The van der Waals surface area contributed by atoms with E-state index in [1.165, 1.54) is 4.90 Å². The summed E-state index contributed by atoms with van der Waals surface area (Å²) in [4.78, 5) is 26.9. The van der Waals surface area contributed by atoms with E-state index in [-0.39, 0.29) is 23.9 Å². The van der Waals surface area contributed by atoms with E-state index < -0.39 is 0 Å². The van der Waals surface area contributed by atoms with Crippen LogP contribution in [0, 0.1) is 5.92 Å². The van der Waals surface area contributed by atoms with Gasteiger partial charge >= 0.3 is 0 Å². The highest BCUT2D eigenvalue weighted by Gasteiger charge is 2.35. The number of rotatable bonds is 7. The number of thioether (sulfide) groups is 1. The second-order valence-electron chi connectivity index (χ2n) is 8.34. The van der Waals surface area contributed by atoms with Crippen molar-refractivity contribution in [3.8, 4) is 17.2 Å². The number of aromatic nitrogens is 1. The number of carbonyl (C=O) groups excluding carboxylic acids is 2. The lowest BCUT2D eigenvalue weighted by atomic mass is 10.1. The summed E-state index contributed by atoms with van der Waals surface area (Å²) in [7, 11) is 0. The summed E-state index contributed by atoms with van der Waals surface area (Å²) in [6.45, 7) is 5.73. The van der Waals surface area contributed by atoms with Crippen molar-refractivity contribution in [3.05, 3.63) is 59.1 Å². The highest BCUT2D eigenvalue weighted by Crippen LogP contribution is 2.36. The summed E-state index contributed by atoms with van der Waals surface area (Å²) >= 11 is 1.00. The van der Waals surface area contributed by atoms with Gasteiger partial charge in [-0.05, 0) is 42.0 Å². The molecule has 1 saturated heterocycles. The fourth-order valence-electron chi connectivity index (χ4n) is 3.97. The van der Waals surface area contributed by atoms with E-state index in [4.69, 9.17) is 14.2 Å². The lowest BCUT2D eigenvalue weighted by molar-refractivity contribution is -0.123. The third kappa shape index (κ3) is 4.30. The molecular weight excluding hydrogens is 440 g/mol. The molecule has 1 aromatic heterocycles. The number of amides is 2. The zero-order chi connectivity index (χ0) is 22.9. The first kappa shape index (κ1) is 21.5. The third-order valence-electron chi connectivity index (χ3n) is 5.47. The maximum atomic E-state index is 12.8. The van der Waals surface area contributed by atoms with Gasteiger partial charge in [-0.25, -0.2) is 0 Å². The number of hydrogen-bond acceptors (Lipinski definition) is 6. The summed E-state index contributed by atoms with van der Waals surface area (Å²) < 4.78 is 18.8. The first-order valence-corrected chi connectivity index (χ1v) is 11.7. The highest BCUT2D eigenvalue weighted by molar-refractivity contribution is 8.18. The first-order chi connectivity index (χ1) is 16.0. The van der Waals surface area contributed by atoms with Crippen LogP contribution in [0.25, 0.3) is 17.0 Å². The zero-order valence-corrected chi connectivity index (χ0v) is 19.3. The van der Waals surface area contributed by atoms with Gasteiger partial charge in [0.25, 0.3) is 11.1 Å². The van der Waals surface area contributed by atoms with Crippen LogP contribution in [0.5, 0.6) is 17.2 Å². The number of fused-ring (bicyclic) bond motifs is 2. The monoisotopic (exact) mass is 464 g/mol. The number of imide groups is 1. The fourth-order valence-corrected chi connectivity index (χ4v) is 4.81. The largest absolute Gasteiger partial charge is 0.492 e. The van der Waals surface area contributed by atoms with Crippen LogP contribution < -0.4 is 14.2 Å². The molecule has 33 heavy (non-hydrogen) atoms. The fraction of sp³-hybridized carbons (Fsp3) is 0.280. The molecule has 0 unspecified atom stereocenters. The molecule has 0 atom stereocenters. The number of ether oxygens (including phenoxy) is 3. The Hall–Kier alpha value is -3.39. The van der Waals surface area contributed by atoms with Crippen molar-refractivity contribution in [2.45, 2.75) is 20.4 Å². The second kappa shape index (κ2) is 8.86. The minimum atomic E-state index is -0.221. The average molecular weight is 465 g/mol. The maximum absolute atomic E-state index is 12.8. The molecule has 0 radical (unpaired) electrons. The Morgan fingerprint density at radius 3 is 2.79 bits per heavy atom. The van der Waals surface area contributed by atoms with Gasteiger partial charge in [-0.2, -0.15) is 0 Å². The van der Waals surface area contributed by atoms with Crippen molar-refractivity contribution in [2.24, 2.45) is 5.92 Å². The van der Waals surface area contributed by atoms with Crippen LogP contribution in [0.15, 0.2) is 53.6 Å². The van der Waals surface area contributed by atoms with Crippen molar-refractivity contribution >= 4 is 39.9 Å². The van der Waals surface area contributed by atoms with Gasteiger partial charge in [0.2, 0.25) is 6.79 Å². The average Bonchev–Trinajstić information content (AvgIpc) is 3.47. The van der Waals surface area contributed by atoms with E-state index in [0.717, 1.165) is 39.7 Å². The Balaban J connectivity index is 1.35. The molecule has 0 bridgehead atoms. The summed E-state index contributed by atoms with van der Waals surface area (Å²) in [5, 5.41) is 0.817. The van der Waals surface area contributed by atoms with Crippen LogP contribution >= 0.6 is 11.8 Å². The Labute approximate surface area is 195 Å². The lowest BCUT2D eigenvalue weighted by Gasteiger charge is -2.14. The van der Waals surface area contributed by atoms with Crippen molar-refractivity contribution in [2.75, 3.05) is 19.9 Å². The highest BCUT2D eigenvalue weighted by atomic mass is 32.2. The second-order valence-corrected chi connectivity index (χ2v) is 9.34. The predicted molar refractivity (Wildman–Crippen MR) is 128 cm³/mol. The molecule has 0 saturated carbocycles. The first-order valence-electron chi connectivity index (χ1n) is 10.9. The third-order valence-corrected chi connectivity index (χ3v) is 6.38. The van der Waals surface area contributed by atoms with Crippen LogP contribution in [0.2, 0.25) is 0 Å². The number of carbonyl (C=O) groups is 2. The van der Waals surface area contributed by atoms with Crippen LogP contribution in [0.4, 0.5) is 4.79 Å². The van der Waals surface area contributed by atoms with Gasteiger partial charge < -0.3 is 18.8 Å². The smallest absolute Gasteiger partial charge is 0.293 e. The number of para-hydroxylation sites is 1. The van der Waals surface area contributed by atoms with Gasteiger partial charge in [-0.15, -0.1) is 0 Å². The molecule has 2 aromatic carbocycles. The summed E-state index contributed by atoms with van der Waals surface area (Å²) in [6.07, 6.45) is 3.83. The van der Waals surface area contributed by atoms with Crippen molar-refractivity contribution in [1.29, 1.82) is 0 Å². The van der Waals surface area contributed by atoms with E-state index in [0.29, 0.717) is 30.4 Å². The Kier molecular flexibility index (Phi) is 5.76. The molecule has 3 aromatic rings. The van der Waals surface area contributed by atoms with Gasteiger partial charge in [0, 0.05) is 35.3 Å². The molecule has 170 valence electrons. The topological polar surface area (TPSA) is 70.0 Å². The molecule has 0 spiro atoms. The Morgan fingerprint density at radius 2 is 1.94 bits per heavy atom. The van der Waals surface area contributed by atoms with Gasteiger partial charge in [-0.3, -0.25) is 14.5 Å². The number of nitrogens with zero attached hydrogens (tertiary/aromatic N) is 2. The molecule has 0 N–H and O–H groups in total. The van der Waals surface area contributed by atoms with E-state index in [1.54, 1.807) is 0 Å². The zero-order valence-electron chi connectivity index (χ0n) is 18.4. The van der Waals surface area contributed by atoms with Gasteiger partial charge in [0.15, 0.2) is 11.5 Å². The number of hydrogen-bond donors (Lipinski definition) is 0. The van der Waals surface area contributed by atoms with E-state index in [9.17, 15) is 9.59 Å². The molecule has 8 heteroatoms. The van der Waals surface area contributed by atoms with Crippen molar-refractivity contribution in [3.63, 3.8) is 0 Å². The predicted octanol–water partition coefficient (Wildman–Crippen LogP) is 5.14. The van der Waals surface area contributed by atoms with Crippen LogP contribution in [-0.4, -0.2) is 40.6 Å². The van der Waals surface area contributed by atoms with Gasteiger partial charge in [0.1, 0.15) is 12.4 Å². The Morgan fingerprint density at radius 1 is 1.12 bits per heavy atom. The van der Waals surface area contributed by atoms with E-state index in [1.807, 2.05) is 68.6 Å². The van der Waals surface area contributed by atoms with Gasteiger partial charge in [-0.1, -0.05) is 32.0 Å². The van der Waals surface area contributed by atoms with Crippen molar-refractivity contribution in [1.82, 2.24) is 9.47 Å². The molecule has 2 amide bonds. The summed E-state index contributed by atoms with van der Waals surface area (Å²) in [5.41, 5.74) is 1.95. The van der Waals surface area contributed by atoms with Crippen molar-refractivity contribution < 1.29 is 23.8 Å². The lowest BCUT2D eigenvalue weighted by Crippen LogP contribution is -2.31. The summed E-state index contributed by atoms with van der Waals surface area (Å²) in [5.74, 6) is 2.13. The molecule has 1 fully saturated rings. The maximum Gasteiger partial charge on any atom is 0.293 e. The van der Waals surface area contributed by atoms with Crippen LogP contribution in [-0.2, 0) is 11.3 Å². The normalized spacial score (nSPS) is 16.6. The molecule has 7 nitrogen and oxygen atoms in total. The SMILES string of the molecule is CC(C)CN1C(=O)S/C(=C\c2cn(CCOc3ccc4c(c3)OCO4)c3ccccc23)C1=O. The van der Waals surface area contributed by atoms with Gasteiger partial charge in [0.05, 0.1) is 11.4 Å². The standard InChI is InChI=1S/C25H24N2O5S/c1-16(2)13-27-24(28)23(33-25(27)29)11-17-14-26(20-6-4-3-5-19(17)20)9-10-30-18-7-8-21-22(12-18)32-15-31-21/h3-8,11-12,14,16H,9-10,13,15H2,1-2H3/b23-11-. The molecule has 2 aliphatic heterocycles. The van der Waals surface area contributed by atoms with E-state index in [2.05, 4.69) is 4.57 Å². The minimum Gasteiger partial charge on any atom is -0.492 e. The molecule has 0 aliphatic carbocycles. The molecule has 5 rings (SSSR count). The quantitative estimate of drug-likeness (QED) is 0.451. The van der Waals surface area contributed by atoms with E-state index >= 15 is 0 Å². The Bertz CT molecular complexity index is 1260. The number of benzene rings is 2. The van der Waals surface area contributed by atoms with Crippen LogP contribution in [0.1, 0.15) is 19.4 Å². The molecule has 3 heterocycles. The summed E-state index contributed by atoms with van der Waals surface area (Å²) in [6, 6.07) is 13.5. The minimum absolute atomic E-state index is 0.208.